The zero-order valence-corrected chi connectivity index (χ0v) is 17.9. The van der Waals surface area contributed by atoms with Crippen LogP contribution in [0.4, 0.5) is 13.2 Å². The molecule has 1 aromatic heterocycles. The number of hydrogen-bond acceptors (Lipinski definition) is 5. The third-order valence-electron chi connectivity index (χ3n) is 4.59. The van der Waals surface area contributed by atoms with Gasteiger partial charge in [-0.1, -0.05) is 47.9 Å². The van der Waals surface area contributed by atoms with Crippen LogP contribution >= 0.6 is 15.9 Å². The molecule has 0 aliphatic carbocycles. The number of carbonyl (C=O) groups excluding carboxylic acids is 1. The van der Waals surface area contributed by atoms with Gasteiger partial charge in [0, 0.05) is 23.0 Å². The second-order valence-corrected chi connectivity index (χ2v) is 9.07. The molecule has 158 valence electrons. The van der Waals surface area contributed by atoms with Gasteiger partial charge in [-0.2, -0.15) is 18.2 Å². The lowest BCUT2D eigenvalue weighted by molar-refractivity contribution is -0.147. The molecule has 1 aliphatic rings. The van der Waals surface area contributed by atoms with E-state index in [0.29, 0.717) is 12.3 Å². The summed E-state index contributed by atoms with van der Waals surface area (Å²) in [6.07, 6.45) is -3.95. The average Bonchev–Trinajstić information content (AvgIpc) is 3.02. The largest absolute Gasteiger partial charge is 0.401 e. The van der Waals surface area contributed by atoms with E-state index in [4.69, 9.17) is 4.52 Å². The molecule has 1 amide bonds. The van der Waals surface area contributed by atoms with Crippen LogP contribution in [0.5, 0.6) is 0 Å². The van der Waals surface area contributed by atoms with Crippen LogP contribution in [0.2, 0.25) is 0 Å². The summed E-state index contributed by atoms with van der Waals surface area (Å²) in [6, 6.07) is 4.96. The highest BCUT2D eigenvalue weighted by molar-refractivity contribution is 9.10. The van der Waals surface area contributed by atoms with Gasteiger partial charge < -0.3 is 9.84 Å². The number of fused-ring (bicyclic) bond motifs is 1. The Morgan fingerprint density at radius 1 is 1.34 bits per heavy atom. The van der Waals surface area contributed by atoms with Gasteiger partial charge in [-0.05, 0) is 29.7 Å². The molecular formula is C19H22BrF3N4O2. The van der Waals surface area contributed by atoms with Crippen LogP contribution in [0.15, 0.2) is 27.2 Å². The summed E-state index contributed by atoms with van der Waals surface area (Å²) in [5, 5.41) is 6.59. The molecule has 0 bridgehead atoms. The molecule has 0 radical (unpaired) electrons. The zero-order chi connectivity index (χ0) is 21.4. The second-order valence-electron chi connectivity index (χ2n) is 8.16. The van der Waals surface area contributed by atoms with Crippen molar-refractivity contribution in [3.63, 3.8) is 0 Å². The minimum absolute atomic E-state index is 0.0926. The third kappa shape index (κ3) is 5.57. The fourth-order valence-corrected chi connectivity index (χ4v) is 3.63. The number of amides is 1. The number of hydrogen-bond donors (Lipinski definition) is 1. The summed E-state index contributed by atoms with van der Waals surface area (Å²) < 4.78 is 44.6. The van der Waals surface area contributed by atoms with E-state index in [2.05, 4.69) is 31.4 Å². The number of alkyl halides is 3. The molecule has 0 unspecified atom stereocenters. The Balaban J connectivity index is 1.82. The molecule has 1 atom stereocenters. The van der Waals surface area contributed by atoms with Crippen molar-refractivity contribution in [1.29, 1.82) is 0 Å². The standard InChI is InChI=1S/C19H22BrF3N4O2/c1-18(2,3)17-25-15(26-29-17)16(28)24-14-6-7-27(10-19(21,22)23)9-11-8-12(20)4-5-13(11)14/h4-5,8,14H,6-7,9-10H2,1-3H3,(H,24,28)/t14-/m1/s1. The molecule has 29 heavy (non-hydrogen) atoms. The van der Waals surface area contributed by atoms with Gasteiger partial charge >= 0.3 is 6.18 Å². The van der Waals surface area contributed by atoms with Gasteiger partial charge in [-0.3, -0.25) is 9.69 Å². The minimum Gasteiger partial charge on any atom is -0.342 e. The van der Waals surface area contributed by atoms with Crippen molar-refractivity contribution < 1.29 is 22.5 Å². The normalized spacial score (nSPS) is 18.2. The highest BCUT2D eigenvalue weighted by atomic mass is 79.9. The van der Waals surface area contributed by atoms with Crippen molar-refractivity contribution in [2.24, 2.45) is 0 Å². The highest BCUT2D eigenvalue weighted by Crippen LogP contribution is 2.31. The number of benzene rings is 1. The Morgan fingerprint density at radius 2 is 2.07 bits per heavy atom. The molecule has 0 spiro atoms. The quantitative estimate of drug-likeness (QED) is 0.714. The number of nitrogens with zero attached hydrogens (tertiary/aromatic N) is 3. The van der Waals surface area contributed by atoms with Gasteiger partial charge in [-0.15, -0.1) is 0 Å². The molecule has 1 N–H and O–H groups in total. The maximum atomic E-state index is 12.9. The molecule has 6 nitrogen and oxygen atoms in total. The second kappa shape index (κ2) is 8.06. The minimum atomic E-state index is -4.29. The Bertz CT molecular complexity index is 892. The third-order valence-corrected chi connectivity index (χ3v) is 5.08. The highest BCUT2D eigenvalue weighted by Gasteiger charge is 2.34. The molecule has 1 aliphatic heterocycles. The fraction of sp³-hybridized carbons (Fsp3) is 0.526. The maximum Gasteiger partial charge on any atom is 0.401 e. The van der Waals surface area contributed by atoms with E-state index in [-0.39, 0.29) is 18.9 Å². The van der Waals surface area contributed by atoms with E-state index in [1.54, 1.807) is 6.07 Å². The molecule has 3 rings (SSSR count). The van der Waals surface area contributed by atoms with E-state index in [1.165, 1.54) is 4.90 Å². The predicted molar refractivity (Wildman–Crippen MR) is 103 cm³/mol. The van der Waals surface area contributed by atoms with Crippen LogP contribution in [0.25, 0.3) is 0 Å². The van der Waals surface area contributed by atoms with E-state index in [0.717, 1.165) is 15.6 Å². The fourth-order valence-electron chi connectivity index (χ4n) is 3.22. The van der Waals surface area contributed by atoms with Crippen molar-refractivity contribution in [1.82, 2.24) is 20.4 Å². The molecular weight excluding hydrogens is 453 g/mol. The van der Waals surface area contributed by atoms with Gasteiger partial charge in [0.15, 0.2) is 0 Å². The van der Waals surface area contributed by atoms with Crippen LogP contribution in [-0.4, -0.2) is 40.2 Å². The number of rotatable bonds is 3. The van der Waals surface area contributed by atoms with Crippen molar-refractivity contribution in [2.45, 2.75) is 51.4 Å². The summed E-state index contributed by atoms with van der Waals surface area (Å²) in [5.41, 5.74) is 1.12. The molecule has 10 heteroatoms. The maximum absolute atomic E-state index is 12.9. The molecule has 0 saturated carbocycles. The number of aromatic nitrogens is 2. The first-order valence-corrected chi connectivity index (χ1v) is 9.94. The summed E-state index contributed by atoms with van der Waals surface area (Å²) in [7, 11) is 0. The first-order chi connectivity index (χ1) is 13.4. The van der Waals surface area contributed by atoms with Crippen LogP contribution < -0.4 is 5.32 Å². The van der Waals surface area contributed by atoms with Gasteiger partial charge in [0.1, 0.15) is 0 Å². The summed E-state index contributed by atoms with van der Waals surface area (Å²) in [6.45, 7) is 5.00. The Hall–Kier alpha value is -1.94. The summed E-state index contributed by atoms with van der Waals surface area (Å²) in [4.78, 5) is 18.1. The monoisotopic (exact) mass is 474 g/mol. The average molecular weight is 475 g/mol. The van der Waals surface area contributed by atoms with Crippen LogP contribution in [-0.2, 0) is 12.0 Å². The summed E-state index contributed by atoms with van der Waals surface area (Å²) >= 11 is 3.37. The first kappa shape index (κ1) is 21.8. The van der Waals surface area contributed by atoms with Crippen molar-refractivity contribution >= 4 is 21.8 Å². The van der Waals surface area contributed by atoms with Gasteiger partial charge in [0.05, 0.1) is 12.6 Å². The SMILES string of the molecule is CC(C)(C)c1nc(C(=O)N[C@@H]2CCN(CC(F)(F)F)Cc3cc(Br)ccc32)no1. The van der Waals surface area contributed by atoms with Gasteiger partial charge in [0.2, 0.25) is 5.89 Å². The number of nitrogens with one attached hydrogen (secondary N) is 1. The number of halogens is 4. The smallest absolute Gasteiger partial charge is 0.342 e. The van der Waals surface area contributed by atoms with Gasteiger partial charge in [0.25, 0.3) is 11.7 Å². The molecule has 2 aromatic rings. The lowest BCUT2D eigenvalue weighted by atomic mass is 9.97. The predicted octanol–water partition coefficient (Wildman–Crippen LogP) is 4.37. The van der Waals surface area contributed by atoms with E-state index >= 15 is 0 Å². The van der Waals surface area contributed by atoms with Crippen LogP contribution in [0, 0.1) is 0 Å². The van der Waals surface area contributed by atoms with Crippen molar-refractivity contribution in [3.8, 4) is 0 Å². The molecule has 2 heterocycles. The van der Waals surface area contributed by atoms with Crippen molar-refractivity contribution in [2.75, 3.05) is 13.1 Å². The Kier molecular flexibility index (Phi) is 6.05. The van der Waals surface area contributed by atoms with E-state index < -0.39 is 30.1 Å². The van der Waals surface area contributed by atoms with Crippen molar-refractivity contribution in [3.05, 3.63) is 45.5 Å². The topological polar surface area (TPSA) is 71.3 Å². The Morgan fingerprint density at radius 3 is 2.69 bits per heavy atom. The first-order valence-electron chi connectivity index (χ1n) is 9.15. The lowest BCUT2D eigenvalue weighted by Gasteiger charge is -2.22. The summed E-state index contributed by atoms with van der Waals surface area (Å²) in [5.74, 6) is -0.276. The van der Waals surface area contributed by atoms with Crippen LogP contribution in [0.1, 0.15) is 60.9 Å². The molecule has 0 saturated heterocycles. The molecule has 0 fully saturated rings. The van der Waals surface area contributed by atoms with Gasteiger partial charge in [-0.25, -0.2) is 0 Å². The molecule has 1 aromatic carbocycles. The number of carbonyl (C=O) groups is 1. The zero-order valence-electron chi connectivity index (χ0n) is 16.3. The lowest BCUT2D eigenvalue weighted by Crippen LogP contribution is -2.35. The Labute approximate surface area is 175 Å². The van der Waals surface area contributed by atoms with Crippen LogP contribution in [0.3, 0.4) is 0 Å². The van der Waals surface area contributed by atoms with E-state index in [1.807, 2.05) is 32.9 Å². The van der Waals surface area contributed by atoms with E-state index in [9.17, 15) is 18.0 Å².